The number of anilines is 1. The number of nitrogens with one attached hydrogen (secondary N) is 3. The summed E-state index contributed by atoms with van der Waals surface area (Å²) >= 11 is 0. The van der Waals surface area contributed by atoms with Gasteiger partial charge in [-0.05, 0) is 36.6 Å². The van der Waals surface area contributed by atoms with Gasteiger partial charge in [-0.25, -0.2) is 0 Å². The molecule has 2 aromatic carbocycles. The first kappa shape index (κ1) is 20.7. The summed E-state index contributed by atoms with van der Waals surface area (Å²) in [4.78, 5) is 24.8. The Hall–Kier alpha value is -2.57. The highest BCUT2D eigenvalue weighted by Gasteiger charge is 2.26. The number of amides is 2. The summed E-state index contributed by atoms with van der Waals surface area (Å²) < 4.78 is 5.14. The van der Waals surface area contributed by atoms with Gasteiger partial charge in [-0.2, -0.15) is 0 Å². The average Bonchev–Trinajstić information content (AvgIpc) is 2.67. The van der Waals surface area contributed by atoms with E-state index in [4.69, 9.17) is 4.74 Å². The number of benzene rings is 2. The van der Waals surface area contributed by atoms with E-state index in [2.05, 4.69) is 22.0 Å². The van der Waals surface area contributed by atoms with Gasteiger partial charge >= 0.3 is 0 Å². The first-order valence-electron chi connectivity index (χ1n) is 8.62. The summed E-state index contributed by atoms with van der Waals surface area (Å²) in [5.74, 6) is 0.208. The number of halogens is 1. The van der Waals surface area contributed by atoms with Gasteiger partial charge in [0, 0.05) is 18.3 Å². The molecule has 0 saturated heterocycles. The van der Waals surface area contributed by atoms with Gasteiger partial charge < -0.3 is 20.7 Å². The van der Waals surface area contributed by atoms with Gasteiger partial charge in [-0.15, -0.1) is 12.4 Å². The van der Waals surface area contributed by atoms with Crippen molar-refractivity contribution in [1.82, 2.24) is 10.6 Å². The number of hydrogen-bond donors (Lipinski definition) is 3. The predicted molar refractivity (Wildman–Crippen MR) is 107 cm³/mol. The molecule has 0 spiro atoms. The third-order valence-electron chi connectivity index (χ3n) is 4.49. The standard InChI is InChI=1S/C20H23N3O3.ClH/c1-13(19(24)23-16-8-5-9-17(11-16)26-2)22-20(25)18-10-14-6-3-4-7-15(14)12-21-18;/h3-9,11,13,18,21H,10,12H2,1-2H3,(H,22,25)(H,23,24);1H. The number of fused-ring (bicyclic) bond motifs is 1. The topological polar surface area (TPSA) is 79.5 Å². The molecule has 0 saturated carbocycles. The maximum atomic E-state index is 12.5. The molecule has 3 rings (SSSR count). The van der Waals surface area contributed by atoms with Crippen LogP contribution < -0.4 is 20.7 Å². The van der Waals surface area contributed by atoms with Crippen LogP contribution in [0.25, 0.3) is 0 Å². The zero-order valence-electron chi connectivity index (χ0n) is 15.3. The molecule has 1 heterocycles. The van der Waals surface area contributed by atoms with Crippen molar-refractivity contribution in [2.75, 3.05) is 12.4 Å². The normalized spacial score (nSPS) is 16.3. The second kappa shape index (κ2) is 9.39. The molecule has 27 heavy (non-hydrogen) atoms. The average molecular weight is 390 g/mol. The number of rotatable bonds is 5. The summed E-state index contributed by atoms with van der Waals surface area (Å²) in [5.41, 5.74) is 3.00. The van der Waals surface area contributed by atoms with Crippen molar-refractivity contribution in [2.24, 2.45) is 0 Å². The minimum absolute atomic E-state index is 0. The van der Waals surface area contributed by atoms with E-state index >= 15 is 0 Å². The van der Waals surface area contributed by atoms with E-state index in [1.807, 2.05) is 18.2 Å². The molecule has 0 aromatic heterocycles. The molecule has 1 aliphatic rings. The number of methoxy groups -OCH3 is 1. The van der Waals surface area contributed by atoms with E-state index in [1.165, 1.54) is 11.1 Å². The summed E-state index contributed by atoms with van der Waals surface area (Å²) in [6.45, 7) is 2.32. The summed E-state index contributed by atoms with van der Waals surface area (Å²) in [6, 6.07) is 14.2. The number of carbonyl (C=O) groups excluding carboxylic acids is 2. The zero-order valence-corrected chi connectivity index (χ0v) is 16.1. The SMILES string of the molecule is COc1cccc(NC(=O)C(C)NC(=O)C2Cc3ccccc3CN2)c1.Cl. The first-order valence-corrected chi connectivity index (χ1v) is 8.62. The lowest BCUT2D eigenvalue weighted by Gasteiger charge is -2.26. The van der Waals surface area contributed by atoms with E-state index < -0.39 is 6.04 Å². The van der Waals surface area contributed by atoms with E-state index in [1.54, 1.807) is 38.3 Å². The molecule has 0 radical (unpaired) electrons. The van der Waals surface area contributed by atoms with E-state index in [-0.39, 0.29) is 30.3 Å². The van der Waals surface area contributed by atoms with E-state index in [0.717, 1.165) is 0 Å². The lowest BCUT2D eigenvalue weighted by Crippen LogP contribution is -2.52. The highest BCUT2D eigenvalue weighted by molar-refractivity contribution is 5.97. The van der Waals surface area contributed by atoms with Gasteiger partial charge in [0.2, 0.25) is 11.8 Å². The molecule has 2 atom stereocenters. The third kappa shape index (κ3) is 5.21. The van der Waals surface area contributed by atoms with Crippen molar-refractivity contribution in [3.8, 4) is 5.75 Å². The third-order valence-corrected chi connectivity index (χ3v) is 4.49. The molecule has 1 aliphatic heterocycles. The quantitative estimate of drug-likeness (QED) is 0.733. The van der Waals surface area contributed by atoms with E-state index in [0.29, 0.717) is 24.4 Å². The summed E-state index contributed by atoms with van der Waals surface area (Å²) in [5, 5.41) is 8.79. The van der Waals surface area contributed by atoms with Gasteiger partial charge in [0.25, 0.3) is 0 Å². The number of hydrogen-bond acceptors (Lipinski definition) is 4. The molecule has 2 unspecified atom stereocenters. The molecule has 6 nitrogen and oxygen atoms in total. The maximum Gasteiger partial charge on any atom is 0.246 e. The Kier molecular flexibility index (Phi) is 7.21. The van der Waals surface area contributed by atoms with Crippen molar-refractivity contribution in [2.45, 2.75) is 32.0 Å². The fourth-order valence-corrected chi connectivity index (χ4v) is 2.97. The van der Waals surface area contributed by atoms with Crippen LogP contribution in [0.5, 0.6) is 5.75 Å². The fourth-order valence-electron chi connectivity index (χ4n) is 2.97. The van der Waals surface area contributed by atoms with Crippen molar-refractivity contribution >= 4 is 29.9 Å². The maximum absolute atomic E-state index is 12.5. The minimum Gasteiger partial charge on any atom is -0.497 e. The van der Waals surface area contributed by atoms with Crippen molar-refractivity contribution in [3.05, 3.63) is 59.7 Å². The summed E-state index contributed by atoms with van der Waals surface area (Å²) in [6.07, 6.45) is 0.617. The Bertz CT molecular complexity index is 813. The van der Waals surface area contributed by atoms with Gasteiger partial charge in [0.15, 0.2) is 0 Å². The lowest BCUT2D eigenvalue weighted by atomic mass is 9.95. The molecule has 0 aliphatic carbocycles. The van der Waals surface area contributed by atoms with Crippen molar-refractivity contribution in [3.63, 3.8) is 0 Å². The molecule has 2 amide bonds. The molecule has 3 N–H and O–H groups in total. The Morgan fingerprint density at radius 3 is 2.63 bits per heavy atom. The van der Waals surface area contributed by atoms with Crippen molar-refractivity contribution < 1.29 is 14.3 Å². The molecular formula is C20H24ClN3O3. The molecule has 2 aromatic rings. The van der Waals surface area contributed by atoms with E-state index in [9.17, 15) is 9.59 Å². The van der Waals surface area contributed by atoms with Crippen LogP contribution in [0.1, 0.15) is 18.1 Å². The van der Waals surface area contributed by atoms with Gasteiger partial charge in [0.05, 0.1) is 13.2 Å². The summed E-state index contributed by atoms with van der Waals surface area (Å²) in [7, 11) is 1.57. The molecule has 0 fully saturated rings. The second-order valence-corrected chi connectivity index (χ2v) is 6.36. The van der Waals surface area contributed by atoms with Gasteiger partial charge in [-0.1, -0.05) is 30.3 Å². The van der Waals surface area contributed by atoms with Crippen LogP contribution in [-0.4, -0.2) is 31.0 Å². The molecular weight excluding hydrogens is 366 g/mol. The zero-order chi connectivity index (χ0) is 18.5. The van der Waals surface area contributed by atoms with Crippen LogP contribution in [0.4, 0.5) is 5.69 Å². The van der Waals surface area contributed by atoms with Crippen LogP contribution in [-0.2, 0) is 22.6 Å². The van der Waals surface area contributed by atoms with Crippen LogP contribution >= 0.6 is 12.4 Å². The van der Waals surface area contributed by atoms with Gasteiger partial charge in [0.1, 0.15) is 11.8 Å². The Morgan fingerprint density at radius 1 is 1.15 bits per heavy atom. The minimum atomic E-state index is -0.646. The molecule has 0 bridgehead atoms. The second-order valence-electron chi connectivity index (χ2n) is 6.36. The number of ether oxygens (including phenoxy) is 1. The Morgan fingerprint density at radius 2 is 1.89 bits per heavy atom. The van der Waals surface area contributed by atoms with Crippen LogP contribution in [0.2, 0.25) is 0 Å². The Labute approximate surface area is 165 Å². The smallest absolute Gasteiger partial charge is 0.246 e. The Balaban J connectivity index is 0.00000261. The highest BCUT2D eigenvalue weighted by Crippen LogP contribution is 2.18. The molecule has 144 valence electrons. The fraction of sp³-hybridized carbons (Fsp3) is 0.300. The molecule has 7 heteroatoms. The van der Waals surface area contributed by atoms with Gasteiger partial charge in [-0.3, -0.25) is 9.59 Å². The number of carbonyl (C=O) groups is 2. The largest absolute Gasteiger partial charge is 0.497 e. The monoisotopic (exact) mass is 389 g/mol. The van der Waals surface area contributed by atoms with Crippen LogP contribution in [0.3, 0.4) is 0 Å². The highest BCUT2D eigenvalue weighted by atomic mass is 35.5. The van der Waals surface area contributed by atoms with Crippen molar-refractivity contribution in [1.29, 1.82) is 0 Å². The van der Waals surface area contributed by atoms with Crippen LogP contribution in [0, 0.1) is 0 Å². The predicted octanol–water partition coefficient (Wildman–Crippen LogP) is 2.27. The first-order chi connectivity index (χ1) is 12.6. The lowest BCUT2D eigenvalue weighted by molar-refractivity contribution is -0.127. The van der Waals surface area contributed by atoms with Crippen LogP contribution in [0.15, 0.2) is 48.5 Å².